The predicted molar refractivity (Wildman–Crippen MR) is 95.6 cm³/mol. The highest BCUT2D eigenvalue weighted by Crippen LogP contribution is 2.18. The van der Waals surface area contributed by atoms with E-state index < -0.39 is 5.60 Å². The Morgan fingerprint density at radius 1 is 0.857 bits per heavy atom. The lowest BCUT2D eigenvalue weighted by atomic mass is 9.96. The van der Waals surface area contributed by atoms with Gasteiger partial charge in [0.15, 0.2) is 0 Å². The number of rotatable bonds is 10. The summed E-state index contributed by atoms with van der Waals surface area (Å²) in [5.41, 5.74) is 3.84. The fourth-order valence-electron chi connectivity index (χ4n) is 2.15. The highest BCUT2D eigenvalue weighted by atomic mass is 16.3. The van der Waals surface area contributed by atoms with Gasteiger partial charge in [-0.05, 0) is 79.6 Å². The van der Waals surface area contributed by atoms with E-state index in [2.05, 4.69) is 45.9 Å². The van der Waals surface area contributed by atoms with Gasteiger partial charge in [0.2, 0.25) is 0 Å². The minimum Gasteiger partial charge on any atom is -0.390 e. The van der Waals surface area contributed by atoms with Crippen molar-refractivity contribution < 1.29 is 5.11 Å². The molecule has 0 rings (SSSR count). The van der Waals surface area contributed by atoms with Crippen LogP contribution in [0.4, 0.5) is 0 Å². The molecule has 0 aromatic rings. The third kappa shape index (κ3) is 12.6. The normalized spacial score (nSPS) is 15.8. The van der Waals surface area contributed by atoms with Crippen molar-refractivity contribution in [3.05, 3.63) is 34.9 Å². The van der Waals surface area contributed by atoms with Crippen molar-refractivity contribution in [1.29, 1.82) is 0 Å². The van der Waals surface area contributed by atoms with Crippen LogP contribution >= 0.6 is 0 Å². The second-order valence-corrected chi connectivity index (χ2v) is 6.85. The van der Waals surface area contributed by atoms with Gasteiger partial charge in [-0.15, -0.1) is 0 Å². The van der Waals surface area contributed by atoms with Gasteiger partial charge >= 0.3 is 0 Å². The summed E-state index contributed by atoms with van der Waals surface area (Å²) in [7, 11) is 0. The SMILES string of the molecule is CCC(C)(O)CC/C=C(\C)CC/C=C(\C)CCC=C(C)C. The van der Waals surface area contributed by atoms with Crippen LogP contribution in [0.3, 0.4) is 0 Å². The first kappa shape index (κ1) is 20.2. The van der Waals surface area contributed by atoms with Crippen molar-refractivity contribution >= 4 is 0 Å². The summed E-state index contributed by atoms with van der Waals surface area (Å²) in [6, 6.07) is 0. The van der Waals surface area contributed by atoms with Crippen LogP contribution < -0.4 is 0 Å². The van der Waals surface area contributed by atoms with Crippen LogP contribution in [0.5, 0.6) is 0 Å². The molecule has 1 atom stereocenters. The second kappa shape index (κ2) is 10.8. The van der Waals surface area contributed by atoms with Crippen LogP contribution in [0.2, 0.25) is 0 Å². The molecule has 0 saturated heterocycles. The predicted octanol–water partition coefficient (Wildman–Crippen LogP) is 6.35. The van der Waals surface area contributed by atoms with Crippen molar-refractivity contribution in [2.45, 2.75) is 92.1 Å². The van der Waals surface area contributed by atoms with E-state index in [9.17, 15) is 5.11 Å². The van der Waals surface area contributed by atoms with Crippen molar-refractivity contribution in [1.82, 2.24) is 0 Å². The molecule has 122 valence electrons. The van der Waals surface area contributed by atoms with Gasteiger partial charge in [0.1, 0.15) is 0 Å². The standard InChI is InChI=1S/C20H36O/c1-7-20(6,21)16-10-15-19(5)14-9-13-18(4)12-8-11-17(2)3/h11,13,15,21H,7-10,12,14,16H2,1-6H3/b18-13+,19-15+. The van der Waals surface area contributed by atoms with Crippen LogP contribution in [-0.2, 0) is 0 Å². The van der Waals surface area contributed by atoms with E-state index in [1.807, 2.05) is 13.8 Å². The van der Waals surface area contributed by atoms with E-state index in [1.54, 1.807) is 0 Å². The molecule has 1 heteroatoms. The van der Waals surface area contributed by atoms with Gasteiger partial charge in [-0.1, -0.05) is 41.9 Å². The van der Waals surface area contributed by atoms with Crippen molar-refractivity contribution in [3.63, 3.8) is 0 Å². The van der Waals surface area contributed by atoms with Crippen LogP contribution in [-0.4, -0.2) is 10.7 Å². The first-order valence-corrected chi connectivity index (χ1v) is 8.44. The van der Waals surface area contributed by atoms with Gasteiger partial charge in [-0.3, -0.25) is 0 Å². The Balaban J connectivity index is 3.96. The fourth-order valence-corrected chi connectivity index (χ4v) is 2.15. The highest BCUT2D eigenvalue weighted by molar-refractivity contribution is 5.05. The first-order chi connectivity index (χ1) is 9.76. The number of hydrogen-bond acceptors (Lipinski definition) is 1. The fraction of sp³-hybridized carbons (Fsp3) is 0.700. The van der Waals surface area contributed by atoms with Crippen LogP contribution in [0.25, 0.3) is 0 Å². The van der Waals surface area contributed by atoms with E-state index in [0.717, 1.165) is 38.5 Å². The molecule has 21 heavy (non-hydrogen) atoms. The molecular formula is C20H36O. The third-order valence-corrected chi connectivity index (χ3v) is 4.06. The Labute approximate surface area is 132 Å². The Morgan fingerprint density at radius 2 is 1.33 bits per heavy atom. The highest BCUT2D eigenvalue weighted by Gasteiger charge is 2.15. The van der Waals surface area contributed by atoms with E-state index in [1.165, 1.54) is 23.1 Å². The van der Waals surface area contributed by atoms with Gasteiger partial charge in [0, 0.05) is 0 Å². The molecule has 1 N–H and O–H groups in total. The quantitative estimate of drug-likeness (QED) is 0.465. The molecular weight excluding hydrogens is 256 g/mol. The maximum absolute atomic E-state index is 9.96. The van der Waals surface area contributed by atoms with Gasteiger partial charge in [-0.2, -0.15) is 0 Å². The Hall–Kier alpha value is -0.820. The lowest BCUT2D eigenvalue weighted by Gasteiger charge is -2.20. The molecule has 0 spiro atoms. The van der Waals surface area contributed by atoms with Crippen LogP contribution in [0.1, 0.15) is 86.5 Å². The molecule has 0 bridgehead atoms. The summed E-state index contributed by atoms with van der Waals surface area (Å²) in [6.45, 7) is 12.7. The van der Waals surface area contributed by atoms with E-state index in [0.29, 0.717) is 0 Å². The van der Waals surface area contributed by atoms with E-state index in [4.69, 9.17) is 0 Å². The minimum atomic E-state index is -0.502. The van der Waals surface area contributed by atoms with Crippen LogP contribution in [0.15, 0.2) is 34.9 Å². The zero-order chi connectivity index (χ0) is 16.3. The Morgan fingerprint density at radius 3 is 1.81 bits per heavy atom. The first-order valence-electron chi connectivity index (χ1n) is 8.44. The van der Waals surface area contributed by atoms with E-state index in [-0.39, 0.29) is 0 Å². The molecule has 0 heterocycles. The molecule has 0 saturated carbocycles. The van der Waals surface area contributed by atoms with E-state index >= 15 is 0 Å². The maximum atomic E-state index is 9.96. The zero-order valence-corrected chi connectivity index (χ0v) is 15.1. The molecule has 0 aliphatic rings. The Kier molecular flexibility index (Phi) is 10.4. The topological polar surface area (TPSA) is 20.2 Å². The molecule has 0 aliphatic carbocycles. The van der Waals surface area contributed by atoms with Crippen molar-refractivity contribution in [3.8, 4) is 0 Å². The third-order valence-electron chi connectivity index (χ3n) is 4.06. The average Bonchev–Trinajstić information content (AvgIpc) is 2.38. The molecule has 0 aliphatic heterocycles. The zero-order valence-electron chi connectivity index (χ0n) is 15.1. The molecule has 0 aromatic carbocycles. The molecule has 1 unspecified atom stereocenters. The smallest absolute Gasteiger partial charge is 0.0620 e. The summed E-state index contributed by atoms with van der Waals surface area (Å²) in [5, 5.41) is 9.96. The number of aliphatic hydroxyl groups is 1. The summed E-state index contributed by atoms with van der Waals surface area (Å²) >= 11 is 0. The van der Waals surface area contributed by atoms with Gasteiger partial charge in [0.25, 0.3) is 0 Å². The lowest BCUT2D eigenvalue weighted by molar-refractivity contribution is 0.0480. The van der Waals surface area contributed by atoms with Gasteiger partial charge < -0.3 is 5.11 Å². The summed E-state index contributed by atoms with van der Waals surface area (Å²) in [4.78, 5) is 0. The van der Waals surface area contributed by atoms with Crippen molar-refractivity contribution in [2.24, 2.45) is 0 Å². The monoisotopic (exact) mass is 292 g/mol. The van der Waals surface area contributed by atoms with Crippen LogP contribution in [0, 0.1) is 0 Å². The largest absolute Gasteiger partial charge is 0.390 e. The molecule has 0 amide bonds. The number of hydrogen-bond donors (Lipinski definition) is 1. The summed E-state index contributed by atoms with van der Waals surface area (Å²) in [6.07, 6.45) is 14.2. The average molecular weight is 293 g/mol. The molecule has 0 aromatic heterocycles. The molecule has 0 fully saturated rings. The van der Waals surface area contributed by atoms with Crippen molar-refractivity contribution in [2.75, 3.05) is 0 Å². The summed E-state index contributed by atoms with van der Waals surface area (Å²) < 4.78 is 0. The van der Waals surface area contributed by atoms with Gasteiger partial charge in [0.05, 0.1) is 5.60 Å². The van der Waals surface area contributed by atoms with Gasteiger partial charge in [-0.25, -0.2) is 0 Å². The molecule has 0 radical (unpaired) electrons. The Bertz CT molecular complexity index is 365. The lowest BCUT2D eigenvalue weighted by Crippen LogP contribution is -2.21. The number of allylic oxidation sites excluding steroid dienone is 6. The minimum absolute atomic E-state index is 0.502. The summed E-state index contributed by atoms with van der Waals surface area (Å²) in [5.74, 6) is 0. The maximum Gasteiger partial charge on any atom is 0.0620 e. The molecule has 1 nitrogen and oxygen atoms in total. The second-order valence-electron chi connectivity index (χ2n) is 6.85.